The van der Waals surface area contributed by atoms with Crippen molar-refractivity contribution in [2.24, 2.45) is 5.92 Å². The number of rotatable bonds is 11. The van der Waals surface area contributed by atoms with Gasteiger partial charge in [-0.3, -0.25) is 4.79 Å². The Labute approximate surface area is 187 Å². The standard InChI is InChI=1S/C24H29N3O5/c1-5-16(2)22(25-21(28)15-31-14-17-9-7-6-8-10-17)24-26-23(27-32-24)18-11-12-19(29-3)20(13-18)30-4/h6-13,16,22H,5,14-15H2,1-4H3,(H,25,28)/t16-,22-/m1/s1. The molecule has 170 valence electrons. The van der Waals surface area contributed by atoms with Crippen molar-refractivity contribution < 1.29 is 23.5 Å². The number of hydrogen-bond acceptors (Lipinski definition) is 7. The van der Waals surface area contributed by atoms with Gasteiger partial charge in [-0.25, -0.2) is 0 Å². The first-order valence-corrected chi connectivity index (χ1v) is 10.5. The number of aromatic nitrogens is 2. The summed E-state index contributed by atoms with van der Waals surface area (Å²) in [5, 5.41) is 7.07. The van der Waals surface area contributed by atoms with E-state index in [0.29, 0.717) is 29.8 Å². The SMILES string of the molecule is CC[C@@H](C)[C@@H](NC(=O)COCc1ccccc1)c1nc(-c2ccc(OC)c(OC)c2)no1. The first-order chi connectivity index (χ1) is 15.5. The molecule has 0 saturated carbocycles. The molecule has 0 fully saturated rings. The Kier molecular flexibility index (Phi) is 8.21. The van der Waals surface area contributed by atoms with Gasteiger partial charge in [0.2, 0.25) is 17.6 Å². The molecule has 3 rings (SSSR count). The van der Waals surface area contributed by atoms with Gasteiger partial charge >= 0.3 is 0 Å². The van der Waals surface area contributed by atoms with Gasteiger partial charge < -0.3 is 24.1 Å². The summed E-state index contributed by atoms with van der Waals surface area (Å²) in [5.74, 6) is 1.78. The van der Waals surface area contributed by atoms with Crippen LogP contribution in [0.5, 0.6) is 11.5 Å². The molecule has 8 heteroatoms. The molecule has 1 N–H and O–H groups in total. The van der Waals surface area contributed by atoms with E-state index in [9.17, 15) is 4.79 Å². The van der Waals surface area contributed by atoms with E-state index in [2.05, 4.69) is 15.5 Å². The zero-order valence-corrected chi connectivity index (χ0v) is 18.8. The van der Waals surface area contributed by atoms with Crippen molar-refractivity contribution in [1.82, 2.24) is 15.5 Å². The van der Waals surface area contributed by atoms with E-state index in [0.717, 1.165) is 17.5 Å². The van der Waals surface area contributed by atoms with Crippen LogP contribution in [0.25, 0.3) is 11.4 Å². The number of nitrogens with zero attached hydrogens (tertiary/aromatic N) is 2. The second kappa shape index (κ2) is 11.3. The van der Waals surface area contributed by atoms with Crippen molar-refractivity contribution >= 4 is 5.91 Å². The summed E-state index contributed by atoms with van der Waals surface area (Å²) >= 11 is 0. The Morgan fingerprint density at radius 3 is 2.53 bits per heavy atom. The topological polar surface area (TPSA) is 95.7 Å². The van der Waals surface area contributed by atoms with Gasteiger partial charge in [-0.2, -0.15) is 4.98 Å². The van der Waals surface area contributed by atoms with E-state index < -0.39 is 6.04 Å². The molecule has 1 heterocycles. The molecule has 3 aromatic rings. The molecule has 0 aliphatic rings. The molecule has 32 heavy (non-hydrogen) atoms. The van der Waals surface area contributed by atoms with Gasteiger partial charge in [0.25, 0.3) is 0 Å². The summed E-state index contributed by atoms with van der Waals surface area (Å²) in [4.78, 5) is 17.0. The molecule has 0 bridgehead atoms. The van der Waals surface area contributed by atoms with Crippen molar-refractivity contribution in [3.63, 3.8) is 0 Å². The first-order valence-electron chi connectivity index (χ1n) is 10.5. The zero-order chi connectivity index (χ0) is 22.9. The molecule has 1 aromatic heterocycles. The molecule has 8 nitrogen and oxygen atoms in total. The van der Waals surface area contributed by atoms with Crippen LogP contribution in [0.3, 0.4) is 0 Å². The third-order valence-corrected chi connectivity index (χ3v) is 5.22. The summed E-state index contributed by atoms with van der Waals surface area (Å²) in [7, 11) is 3.14. The Hall–Kier alpha value is -3.39. The van der Waals surface area contributed by atoms with Crippen molar-refractivity contribution in [1.29, 1.82) is 0 Å². The molecule has 1 amide bonds. The normalized spacial score (nSPS) is 12.8. The number of amides is 1. The van der Waals surface area contributed by atoms with Gasteiger partial charge in [0, 0.05) is 5.56 Å². The third-order valence-electron chi connectivity index (χ3n) is 5.22. The molecule has 2 atom stereocenters. The Morgan fingerprint density at radius 2 is 1.84 bits per heavy atom. The number of methoxy groups -OCH3 is 2. The van der Waals surface area contributed by atoms with Gasteiger partial charge in [-0.15, -0.1) is 0 Å². The number of carbonyl (C=O) groups excluding carboxylic acids is 1. The highest BCUT2D eigenvalue weighted by molar-refractivity contribution is 5.77. The van der Waals surface area contributed by atoms with Crippen LogP contribution in [-0.2, 0) is 16.1 Å². The lowest BCUT2D eigenvalue weighted by Crippen LogP contribution is -2.35. The monoisotopic (exact) mass is 439 g/mol. The molecule has 0 spiro atoms. The smallest absolute Gasteiger partial charge is 0.249 e. The van der Waals surface area contributed by atoms with Crippen molar-refractivity contribution in [3.05, 3.63) is 60.0 Å². The van der Waals surface area contributed by atoms with Crippen molar-refractivity contribution in [3.8, 4) is 22.9 Å². The van der Waals surface area contributed by atoms with Crippen LogP contribution in [0.4, 0.5) is 0 Å². The second-order valence-electron chi connectivity index (χ2n) is 7.44. The number of nitrogens with one attached hydrogen (secondary N) is 1. The van der Waals surface area contributed by atoms with Crippen LogP contribution >= 0.6 is 0 Å². The van der Waals surface area contributed by atoms with Crippen LogP contribution in [0, 0.1) is 5.92 Å². The first kappa shape index (κ1) is 23.3. The van der Waals surface area contributed by atoms with E-state index in [-0.39, 0.29) is 18.4 Å². The summed E-state index contributed by atoms with van der Waals surface area (Å²) in [6.07, 6.45) is 0.823. The number of ether oxygens (including phenoxy) is 3. The summed E-state index contributed by atoms with van der Waals surface area (Å²) in [6, 6.07) is 14.7. The molecule has 0 saturated heterocycles. The summed E-state index contributed by atoms with van der Waals surface area (Å²) in [6.45, 7) is 4.38. The Balaban J connectivity index is 1.68. The Bertz CT molecular complexity index is 1010. The maximum Gasteiger partial charge on any atom is 0.249 e. The molecule has 0 aliphatic carbocycles. The molecule has 0 radical (unpaired) electrons. The summed E-state index contributed by atoms with van der Waals surface area (Å²) in [5.41, 5.74) is 1.73. The lowest BCUT2D eigenvalue weighted by atomic mass is 9.99. The van der Waals surface area contributed by atoms with Gasteiger partial charge in [0.05, 0.1) is 20.8 Å². The maximum absolute atomic E-state index is 12.5. The van der Waals surface area contributed by atoms with E-state index in [1.165, 1.54) is 0 Å². The molecule has 0 aliphatic heterocycles. The fourth-order valence-electron chi connectivity index (χ4n) is 3.19. The molecule has 2 aromatic carbocycles. The predicted molar refractivity (Wildman–Crippen MR) is 119 cm³/mol. The van der Waals surface area contributed by atoms with Crippen LogP contribution < -0.4 is 14.8 Å². The van der Waals surface area contributed by atoms with Crippen LogP contribution in [0.15, 0.2) is 53.1 Å². The van der Waals surface area contributed by atoms with Gasteiger partial charge in [-0.05, 0) is 29.7 Å². The Morgan fingerprint density at radius 1 is 1.09 bits per heavy atom. The quantitative estimate of drug-likeness (QED) is 0.479. The van der Waals surface area contributed by atoms with Crippen molar-refractivity contribution in [2.45, 2.75) is 32.9 Å². The fraction of sp³-hybridized carbons (Fsp3) is 0.375. The highest BCUT2D eigenvalue weighted by Crippen LogP contribution is 2.32. The van der Waals surface area contributed by atoms with Gasteiger partial charge in [0.1, 0.15) is 12.6 Å². The molecular weight excluding hydrogens is 410 g/mol. The average molecular weight is 440 g/mol. The molecular formula is C24H29N3O5. The van der Waals surface area contributed by atoms with E-state index in [1.807, 2.05) is 50.2 Å². The highest BCUT2D eigenvalue weighted by atomic mass is 16.5. The lowest BCUT2D eigenvalue weighted by molar-refractivity contribution is -0.127. The lowest BCUT2D eigenvalue weighted by Gasteiger charge is -2.20. The number of carbonyl (C=O) groups is 1. The largest absolute Gasteiger partial charge is 0.493 e. The van der Waals surface area contributed by atoms with E-state index in [1.54, 1.807) is 26.4 Å². The minimum absolute atomic E-state index is 0.0570. The van der Waals surface area contributed by atoms with Crippen LogP contribution in [0.2, 0.25) is 0 Å². The van der Waals surface area contributed by atoms with E-state index >= 15 is 0 Å². The van der Waals surface area contributed by atoms with Crippen LogP contribution in [-0.4, -0.2) is 36.9 Å². The highest BCUT2D eigenvalue weighted by Gasteiger charge is 2.26. The summed E-state index contributed by atoms with van der Waals surface area (Å²) < 4.78 is 21.7. The van der Waals surface area contributed by atoms with Crippen LogP contribution in [0.1, 0.15) is 37.8 Å². The van der Waals surface area contributed by atoms with Gasteiger partial charge in [0.15, 0.2) is 11.5 Å². The number of hydrogen-bond donors (Lipinski definition) is 1. The maximum atomic E-state index is 12.5. The third kappa shape index (κ3) is 5.85. The molecule has 0 unspecified atom stereocenters. The number of benzene rings is 2. The fourth-order valence-corrected chi connectivity index (χ4v) is 3.19. The second-order valence-corrected chi connectivity index (χ2v) is 7.44. The van der Waals surface area contributed by atoms with Gasteiger partial charge in [-0.1, -0.05) is 55.8 Å². The van der Waals surface area contributed by atoms with Crippen molar-refractivity contribution in [2.75, 3.05) is 20.8 Å². The predicted octanol–water partition coefficient (Wildman–Crippen LogP) is 4.17. The minimum Gasteiger partial charge on any atom is -0.493 e. The van der Waals surface area contributed by atoms with E-state index in [4.69, 9.17) is 18.7 Å². The zero-order valence-electron chi connectivity index (χ0n) is 18.8. The minimum atomic E-state index is -0.422. The average Bonchev–Trinajstić information content (AvgIpc) is 3.32.